The van der Waals surface area contributed by atoms with Gasteiger partial charge in [-0.2, -0.15) is 5.10 Å². The van der Waals surface area contributed by atoms with Crippen molar-refractivity contribution < 1.29 is 14.6 Å². The molecule has 1 amide bonds. The molecule has 0 atom stereocenters. The molecule has 4 rings (SSSR count). The van der Waals surface area contributed by atoms with Crippen LogP contribution < -0.4 is 10.2 Å². The maximum atomic E-state index is 12.4. The highest BCUT2D eigenvalue weighted by atomic mass is 35.5. The van der Waals surface area contributed by atoms with Crippen molar-refractivity contribution >= 4 is 46.5 Å². The van der Waals surface area contributed by atoms with Gasteiger partial charge in [-0.05, 0) is 60.5 Å². The fraction of sp³-hybridized carbons (Fsp3) is 0.160. The number of phenols is 1. The molecule has 174 valence electrons. The molecule has 0 saturated heterocycles. The third kappa shape index (κ3) is 5.89. The maximum Gasteiger partial charge on any atom is 0.250 e. The molecular formula is C25H23ClN4O3S. The van der Waals surface area contributed by atoms with Gasteiger partial charge in [-0.1, -0.05) is 47.6 Å². The maximum absolute atomic E-state index is 12.4. The lowest BCUT2D eigenvalue weighted by atomic mass is 10.2. The Labute approximate surface area is 206 Å². The number of amides is 1. The number of nitrogens with one attached hydrogen (secondary N) is 1. The summed E-state index contributed by atoms with van der Waals surface area (Å²) in [6, 6.07) is 20.4. The zero-order valence-corrected chi connectivity index (χ0v) is 20.0. The first-order chi connectivity index (χ1) is 16.5. The van der Waals surface area contributed by atoms with E-state index in [9.17, 15) is 9.90 Å². The van der Waals surface area contributed by atoms with Gasteiger partial charge in [0.2, 0.25) is 0 Å². The van der Waals surface area contributed by atoms with E-state index in [1.54, 1.807) is 12.1 Å². The number of ether oxygens (including phenoxy) is 1. The van der Waals surface area contributed by atoms with Gasteiger partial charge in [0.05, 0.1) is 36.2 Å². The monoisotopic (exact) mass is 494 g/mol. The third-order valence-corrected chi connectivity index (χ3v) is 6.12. The Hall–Kier alpha value is -3.49. The van der Waals surface area contributed by atoms with Crippen molar-refractivity contribution in [3.8, 4) is 11.5 Å². The van der Waals surface area contributed by atoms with Crippen LogP contribution in [-0.4, -0.2) is 39.1 Å². The van der Waals surface area contributed by atoms with Gasteiger partial charge in [0.1, 0.15) is 0 Å². The molecule has 1 heterocycles. The summed E-state index contributed by atoms with van der Waals surface area (Å²) in [4.78, 5) is 17.1. The molecule has 7 nitrogen and oxygen atoms in total. The van der Waals surface area contributed by atoms with Crippen LogP contribution in [0.2, 0.25) is 5.02 Å². The summed E-state index contributed by atoms with van der Waals surface area (Å²) in [5.74, 6) is 0.324. The summed E-state index contributed by atoms with van der Waals surface area (Å²) in [7, 11) is 0. The molecule has 1 aromatic heterocycles. The summed E-state index contributed by atoms with van der Waals surface area (Å²) in [6.45, 7) is 2.88. The number of benzene rings is 3. The topological polar surface area (TPSA) is 88.7 Å². The second-order valence-corrected chi connectivity index (χ2v) is 8.72. The number of para-hydroxylation sites is 2. The van der Waals surface area contributed by atoms with E-state index in [1.807, 2.05) is 55.5 Å². The number of phenolic OH excluding ortho intramolecular Hbond substituents is 1. The lowest BCUT2D eigenvalue weighted by molar-refractivity contribution is -0.118. The normalized spacial score (nSPS) is 11.2. The van der Waals surface area contributed by atoms with E-state index in [0.29, 0.717) is 29.5 Å². The molecule has 0 saturated carbocycles. The van der Waals surface area contributed by atoms with Gasteiger partial charge in [0.15, 0.2) is 16.7 Å². The van der Waals surface area contributed by atoms with Crippen LogP contribution in [0.4, 0.5) is 0 Å². The van der Waals surface area contributed by atoms with Crippen LogP contribution in [-0.2, 0) is 11.3 Å². The van der Waals surface area contributed by atoms with Gasteiger partial charge in [0, 0.05) is 5.02 Å². The number of aromatic nitrogens is 2. The Bertz CT molecular complexity index is 1320. The molecule has 0 aliphatic rings. The predicted octanol–water partition coefficient (Wildman–Crippen LogP) is 5.08. The number of hydrazone groups is 1. The second-order valence-electron chi connectivity index (χ2n) is 7.34. The van der Waals surface area contributed by atoms with Gasteiger partial charge < -0.3 is 14.4 Å². The van der Waals surface area contributed by atoms with Gasteiger partial charge in [-0.25, -0.2) is 10.4 Å². The van der Waals surface area contributed by atoms with Gasteiger partial charge in [0.25, 0.3) is 5.91 Å². The number of hydrogen-bond acceptors (Lipinski definition) is 6. The van der Waals surface area contributed by atoms with Crippen molar-refractivity contribution in [3.63, 3.8) is 0 Å². The SMILES string of the molecule is CCOc1cc(/C=N/NC(=O)CSc2nc3ccccc3n2Cc2ccc(Cl)cc2)ccc1O. The van der Waals surface area contributed by atoms with Gasteiger partial charge >= 0.3 is 0 Å². The second kappa shape index (κ2) is 11.1. The number of thioether (sulfide) groups is 1. The fourth-order valence-corrected chi connectivity index (χ4v) is 4.24. The van der Waals surface area contributed by atoms with E-state index in [0.717, 1.165) is 21.8 Å². The zero-order valence-electron chi connectivity index (χ0n) is 18.4. The minimum absolute atomic E-state index is 0.0564. The molecule has 0 unspecified atom stereocenters. The molecule has 34 heavy (non-hydrogen) atoms. The summed E-state index contributed by atoms with van der Waals surface area (Å²) in [6.07, 6.45) is 1.50. The Morgan fingerprint density at radius 2 is 2.00 bits per heavy atom. The highest BCUT2D eigenvalue weighted by molar-refractivity contribution is 7.99. The number of nitrogens with zero attached hydrogens (tertiary/aromatic N) is 3. The van der Waals surface area contributed by atoms with Crippen molar-refractivity contribution in [3.05, 3.63) is 82.9 Å². The molecule has 0 spiro atoms. The molecule has 0 bridgehead atoms. The summed E-state index contributed by atoms with van der Waals surface area (Å²) in [5, 5.41) is 15.2. The fourth-order valence-electron chi connectivity index (χ4n) is 3.31. The first kappa shape index (κ1) is 23.7. The van der Waals surface area contributed by atoms with Gasteiger partial charge in [-0.15, -0.1) is 0 Å². The van der Waals surface area contributed by atoms with Crippen LogP contribution in [0.3, 0.4) is 0 Å². The van der Waals surface area contributed by atoms with Gasteiger partial charge in [-0.3, -0.25) is 4.79 Å². The van der Waals surface area contributed by atoms with Crippen LogP contribution in [0, 0.1) is 0 Å². The number of halogens is 1. The Balaban J connectivity index is 1.42. The lowest BCUT2D eigenvalue weighted by Crippen LogP contribution is -2.20. The number of aromatic hydroxyl groups is 1. The minimum Gasteiger partial charge on any atom is -0.504 e. The first-order valence-electron chi connectivity index (χ1n) is 10.6. The highest BCUT2D eigenvalue weighted by Crippen LogP contribution is 2.27. The smallest absolute Gasteiger partial charge is 0.250 e. The Morgan fingerprint density at radius 1 is 1.21 bits per heavy atom. The zero-order chi connectivity index (χ0) is 23.9. The third-order valence-electron chi connectivity index (χ3n) is 4.89. The molecular weight excluding hydrogens is 472 g/mol. The molecule has 0 fully saturated rings. The first-order valence-corrected chi connectivity index (χ1v) is 12.0. The van der Waals surface area contributed by atoms with Crippen molar-refractivity contribution in [1.82, 2.24) is 15.0 Å². The van der Waals surface area contributed by atoms with Crippen molar-refractivity contribution in [2.75, 3.05) is 12.4 Å². The molecule has 2 N–H and O–H groups in total. The number of hydrogen-bond donors (Lipinski definition) is 2. The number of imidazole rings is 1. The molecule has 4 aromatic rings. The number of carbonyl (C=O) groups is 1. The number of carbonyl (C=O) groups excluding carboxylic acids is 1. The van der Waals surface area contributed by atoms with Crippen LogP contribution in [0.5, 0.6) is 11.5 Å². The van der Waals surface area contributed by atoms with Crippen molar-refractivity contribution in [2.45, 2.75) is 18.6 Å². The molecule has 9 heteroatoms. The van der Waals surface area contributed by atoms with Crippen LogP contribution in [0.25, 0.3) is 11.0 Å². The van der Waals surface area contributed by atoms with Crippen molar-refractivity contribution in [1.29, 1.82) is 0 Å². The highest BCUT2D eigenvalue weighted by Gasteiger charge is 2.13. The quantitative estimate of drug-likeness (QED) is 0.192. The molecule has 0 aliphatic heterocycles. The Kier molecular flexibility index (Phi) is 7.72. The van der Waals surface area contributed by atoms with Crippen LogP contribution >= 0.6 is 23.4 Å². The standard InChI is InChI=1S/C25H23ClN4O3S/c1-2-33-23-13-18(9-12-22(23)31)14-27-29-24(32)16-34-25-28-20-5-3-4-6-21(20)30(25)15-17-7-10-19(26)11-8-17/h3-14,31H,2,15-16H2,1H3,(H,29,32)/b27-14+. The molecule has 3 aromatic carbocycles. The average molecular weight is 495 g/mol. The van der Waals surface area contributed by atoms with E-state index in [1.165, 1.54) is 24.0 Å². The average Bonchev–Trinajstić information content (AvgIpc) is 3.18. The Morgan fingerprint density at radius 3 is 2.79 bits per heavy atom. The van der Waals surface area contributed by atoms with E-state index < -0.39 is 0 Å². The summed E-state index contributed by atoms with van der Waals surface area (Å²) in [5.41, 5.74) is 6.18. The summed E-state index contributed by atoms with van der Waals surface area (Å²) < 4.78 is 7.45. The molecule has 0 aliphatic carbocycles. The van der Waals surface area contributed by atoms with E-state index in [-0.39, 0.29) is 17.4 Å². The van der Waals surface area contributed by atoms with E-state index >= 15 is 0 Å². The molecule has 0 radical (unpaired) electrons. The predicted molar refractivity (Wildman–Crippen MR) is 136 cm³/mol. The minimum atomic E-state index is -0.254. The lowest BCUT2D eigenvalue weighted by Gasteiger charge is -2.09. The largest absolute Gasteiger partial charge is 0.504 e. The number of rotatable bonds is 9. The van der Waals surface area contributed by atoms with E-state index in [4.69, 9.17) is 21.3 Å². The summed E-state index contributed by atoms with van der Waals surface area (Å²) >= 11 is 7.36. The van der Waals surface area contributed by atoms with Crippen LogP contribution in [0.15, 0.2) is 77.0 Å². The van der Waals surface area contributed by atoms with E-state index in [2.05, 4.69) is 15.1 Å². The number of fused-ring (bicyclic) bond motifs is 1. The van der Waals surface area contributed by atoms with Crippen molar-refractivity contribution in [2.24, 2.45) is 5.10 Å². The van der Waals surface area contributed by atoms with Crippen LogP contribution in [0.1, 0.15) is 18.1 Å².